The Morgan fingerprint density at radius 1 is 1.42 bits per heavy atom. The fourth-order valence-corrected chi connectivity index (χ4v) is 4.80. The van der Waals surface area contributed by atoms with Gasteiger partial charge in [0.25, 0.3) is 0 Å². The second kappa shape index (κ2) is 6.86. The van der Waals surface area contributed by atoms with Crippen LogP contribution in [-0.4, -0.2) is 29.6 Å². The number of rotatable bonds is 4. The topological polar surface area (TPSA) is 55.6 Å². The van der Waals surface area contributed by atoms with Gasteiger partial charge in [-0.1, -0.05) is 0 Å². The van der Waals surface area contributed by atoms with Crippen molar-refractivity contribution in [2.75, 3.05) is 18.8 Å². The smallest absolute Gasteiger partial charge is 0.341 e. The van der Waals surface area contributed by atoms with E-state index < -0.39 is 5.60 Å². The Bertz CT molecular complexity index is 714. The number of hydrogen-bond donors (Lipinski definition) is 1. The van der Waals surface area contributed by atoms with Gasteiger partial charge >= 0.3 is 5.97 Å². The van der Waals surface area contributed by atoms with E-state index in [0.29, 0.717) is 10.6 Å². The Labute approximate surface area is 151 Å². The number of nitrogen functional groups attached to an aromatic ring is 1. The molecule has 24 heavy (non-hydrogen) atoms. The lowest BCUT2D eigenvalue weighted by Gasteiger charge is -2.27. The second-order valence-electron chi connectivity index (χ2n) is 7.15. The molecule has 0 unspecified atom stereocenters. The van der Waals surface area contributed by atoms with Crippen LogP contribution in [0.2, 0.25) is 0 Å². The lowest BCUT2D eigenvalue weighted by Crippen LogP contribution is -2.32. The minimum atomic E-state index is -0.500. The number of ether oxygens (including phenoxy) is 1. The molecule has 130 valence electrons. The molecular formula is C18H24N2O2S2. The van der Waals surface area contributed by atoms with Crippen LogP contribution < -0.4 is 5.73 Å². The van der Waals surface area contributed by atoms with Crippen LogP contribution in [0.4, 0.5) is 5.00 Å². The highest BCUT2D eigenvalue weighted by Crippen LogP contribution is 2.36. The number of hydrogen-bond acceptors (Lipinski definition) is 6. The maximum Gasteiger partial charge on any atom is 0.341 e. The van der Waals surface area contributed by atoms with Crippen molar-refractivity contribution in [1.29, 1.82) is 0 Å². The summed E-state index contributed by atoms with van der Waals surface area (Å²) in [4.78, 5) is 16.1. The van der Waals surface area contributed by atoms with E-state index >= 15 is 0 Å². The molecule has 1 aliphatic heterocycles. The van der Waals surface area contributed by atoms with Gasteiger partial charge in [-0.05, 0) is 61.6 Å². The molecule has 0 bridgehead atoms. The molecule has 0 radical (unpaired) electrons. The van der Waals surface area contributed by atoms with Crippen LogP contribution in [0, 0.1) is 0 Å². The average Bonchev–Trinajstić information content (AvgIpc) is 3.08. The first-order valence-corrected chi connectivity index (χ1v) is 9.96. The van der Waals surface area contributed by atoms with E-state index in [1.165, 1.54) is 21.8 Å². The largest absolute Gasteiger partial charge is 0.456 e. The number of anilines is 1. The minimum Gasteiger partial charge on any atom is -0.456 e. The molecule has 2 aromatic heterocycles. The molecule has 2 aromatic rings. The van der Waals surface area contributed by atoms with Gasteiger partial charge < -0.3 is 10.5 Å². The number of thiophene rings is 2. The van der Waals surface area contributed by atoms with E-state index in [2.05, 4.69) is 21.7 Å². The van der Waals surface area contributed by atoms with Gasteiger partial charge in [-0.2, -0.15) is 11.3 Å². The van der Waals surface area contributed by atoms with Crippen LogP contribution in [0.15, 0.2) is 16.8 Å². The van der Waals surface area contributed by atoms with Crippen LogP contribution >= 0.6 is 22.7 Å². The molecule has 1 aliphatic rings. The van der Waals surface area contributed by atoms with E-state index in [9.17, 15) is 4.79 Å². The fraction of sp³-hybridized carbons (Fsp3) is 0.500. The van der Waals surface area contributed by atoms with Crippen molar-refractivity contribution in [3.63, 3.8) is 0 Å². The molecule has 2 N–H and O–H groups in total. The Morgan fingerprint density at radius 3 is 2.88 bits per heavy atom. The highest BCUT2D eigenvalue weighted by atomic mass is 32.1. The number of nitrogens with two attached hydrogens (primary N) is 1. The Hall–Kier alpha value is -1.37. The van der Waals surface area contributed by atoms with E-state index in [-0.39, 0.29) is 5.97 Å². The SMILES string of the molecule is CC(C)(C)OC(=O)c1c(N)sc2c1CCN(CCc1ccsc1)C2. The van der Waals surface area contributed by atoms with Crippen molar-refractivity contribution in [3.05, 3.63) is 38.4 Å². The summed E-state index contributed by atoms with van der Waals surface area (Å²) >= 11 is 3.28. The maximum absolute atomic E-state index is 12.5. The molecular weight excluding hydrogens is 340 g/mol. The van der Waals surface area contributed by atoms with Gasteiger partial charge in [0.15, 0.2) is 0 Å². The van der Waals surface area contributed by atoms with Gasteiger partial charge in [-0.3, -0.25) is 4.90 Å². The summed E-state index contributed by atoms with van der Waals surface area (Å²) in [5, 5.41) is 4.92. The van der Waals surface area contributed by atoms with Crippen molar-refractivity contribution < 1.29 is 9.53 Å². The zero-order valence-electron chi connectivity index (χ0n) is 14.4. The summed E-state index contributed by atoms with van der Waals surface area (Å²) in [6.45, 7) is 8.51. The van der Waals surface area contributed by atoms with Crippen molar-refractivity contribution in [1.82, 2.24) is 4.90 Å². The highest BCUT2D eigenvalue weighted by Gasteiger charge is 2.29. The predicted octanol–water partition coefficient (Wildman–Crippen LogP) is 3.95. The maximum atomic E-state index is 12.5. The highest BCUT2D eigenvalue weighted by molar-refractivity contribution is 7.16. The third-order valence-electron chi connectivity index (χ3n) is 4.06. The van der Waals surface area contributed by atoms with Gasteiger partial charge in [0.2, 0.25) is 0 Å². The normalized spacial score (nSPS) is 15.3. The summed E-state index contributed by atoms with van der Waals surface area (Å²) in [6, 6.07) is 2.18. The third kappa shape index (κ3) is 3.99. The quantitative estimate of drug-likeness (QED) is 0.835. The number of nitrogens with zero attached hydrogens (tertiary/aromatic N) is 1. The minimum absolute atomic E-state index is 0.288. The lowest BCUT2D eigenvalue weighted by atomic mass is 10.0. The van der Waals surface area contributed by atoms with E-state index in [1.54, 1.807) is 11.3 Å². The predicted molar refractivity (Wildman–Crippen MR) is 101 cm³/mol. The van der Waals surface area contributed by atoms with Crippen LogP contribution in [-0.2, 0) is 24.1 Å². The molecule has 0 atom stereocenters. The standard InChI is InChI=1S/C18H24N2O2S2/c1-18(2,3)22-17(21)15-13-5-8-20(10-14(13)24-16(15)19)7-4-12-6-9-23-11-12/h6,9,11H,4-5,7-8,10,19H2,1-3H3. The third-order valence-corrected chi connectivity index (χ3v) is 5.84. The summed E-state index contributed by atoms with van der Waals surface area (Å²) in [6.07, 6.45) is 1.93. The molecule has 0 spiro atoms. The summed E-state index contributed by atoms with van der Waals surface area (Å²) in [5.74, 6) is -0.288. The van der Waals surface area contributed by atoms with Crippen LogP contribution in [0.5, 0.6) is 0 Å². The molecule has 0 fully saturated rings. The van der Waals surface area contributed by atoms with Crippen LogP contribution in [0.1, 0.15) is 47.1 Å². The van der Waals surface area contributed by atoms with Crippen molar-refractivity contribution in [2.45, 2.75) is 45.8 Å². The Morgan fingerprint density at radius 2 is 2.21 bits per heavy atom. The second-order valence-corrected chi connectivity index (χ2v) is 9.07. The fourth-order valence-electron chi connectivity index (χ4n) is 2.94. The van der Waals surface area contributed by atoms with Gasteiger partial charge in [-0.15, -0.1) is 11.3 Å². The number of fused-ring (bicyclic) bond motifs is 1. The summed E-state index contributed by atoms with van der Waals surface area (Å²) in [5.41, 5.74) is 8.73. The Balaban J connectivity index is 1.69. The zero-order chi connectivity index (χ0) is 17.3. The van der Waals surface area contributed by atoms with Gasteiger partial charge in [0.05, 0.1) is 5.56 Å². The molecule has 6 heteroatoms. The van der Waals surface area contributed by atoms with E-state index in [1.807, 2.05) is 20.8 Å². The molecule has 0 aliphatic carbocycles. The van der Waals surface area contributed by atoms with E-state index in [0.717, 1.165) is 38.0 Å². The molecule has 3 rings (SSSR count). The molecule has 3 heterocycles. The number of esters is 1. The monoisotopic (exact) mass is 364 g/mol. The van der Waals surface area contributed by atoms with Crippen molar-refractivity contribution in [3.8, 4) is 0 Å². The van der Waals surface area contributed by atoms with Crippen molar-refractivity contribution in [2.24, 2.45) is 0 Å². The number of carbonyl (C=O) groups is 1. The van der Waals surface area contributed by atoms with Crippen molar-refractivity contribution >= 4 is 33.6 Å². The molecule has 0 saturated carbocycles. The van der Waals surface area contributed by atoms with Gasteiger partial charge in [-0.25, -0.2) is 4.79 Å². The van der Waals surface area contributed by atoms with Gasteiger partial charge in [0, 0.05) is 24.5 Å². The van der Waals surface area contributed by atoms with E-state index in [4.69, 9.17) is 10.5 Å². The number of carbonyl (C=O) groups excluding carboxylic acids is 1. The van der Waals surface area contributed by atoms with Crippen LogP contribution in [0.3, 0.4) is 0 Å². The molecule has 0 amide bonds. The first-order chi connectivity index (χ1) is 11.3. The zero-order valence-corrected chi connectivity index (χ0v) is 16.1. The molecule has 0 saturated heterocycles. The van der Waals surface area contributed by atoms with Gasteiger partial charge in [0.1, 0.15) is 10.6 Å². The molecule has 4 nitrogen and oxygen atoms in total. The molecule has 0 aromatic carbocycles. The first kappa shape index (κ1) is 17.5. The summed E-state index contributed by atoms with van der Waals surface area (Å²) < 4.78 is 5.53. The average molecular weight is 365 g/mol. The lowest BCUT2D eigenvalue weighted by molar-refractivity contribution is 0.00696. The summed E-state index contributed by atoms with van der Waals surface area (Å²) in [7, 11) is 0. The van der Waals surface area contributed by atoms with Crippen LogP contribution in [0.25, 0.3) is 0 Å². The first-order valence-electron chi connectivity index (χ1n) is 8.20. The Kier molecular flexibility index (Phi) is 4.99.